The number of carbonyl (C=O) groups is 2. The van der Waals surface area contributed by atoms with E-state index < -0.39 is 18.0 Å². The first-order chi connectivity index (χ1) is 19.9. The summed E-state index contributed by atoms with van der Waals surface area (Å²) in [5, 5.41) is 1.82. The van der Waals surface area contributed by atoms with Crippen LogP contribution in [0.4, 0.5) is 0 Å². The van der Waals surface area contributed by atoms with Gasteiger partial charge in [-0.05, 0) is 54.0 Å². The lowest BCUT2D eigenvalue weighted by atomic mass is 9.90. The summed E-state index contributed by atoms with van der Waals surface area (Å²) >= 11 is 1.26. The van der Waals surface area contributed by atoms with E-state index in [-0.39, 0.29) is 12.2 Å². The van der Waals surface area contributed by atoms with Gasteiger partial charge in [0.25, 0.3) is 5.56 Å². The van der Waals surface area contributed by atoms with E-state index in [1.807, 2.05) is 43.3 Å². The van der Waals surface area contributed by atoms with Crippen molar-refractivity contribution in [1.82, 2.24) is 4.57 Å². The number of rotatable bonds is 8. The number of allylic oxidation sites excluding steroid dienone is 1. The first-order valence-electron chi connectivity index (χ1n) is 13.4. The molecule has 0 saturated carbocycles. The number of thiazole rings is 1. The maximum absolute atomic E-state index is 14.1. The Balaban J connectivity index is 1.81. The number of ether oxygens (including phenoxy) is 3. The maximum atomic E-state index is 14.1. The van der Waals surface area contributed by atoms with Gasteiger partial charge in [-0.1, -0.05) is 67.1 Å². The minimum absolute atomic E-state index is 0.188. The van der Waals surface area contributed by atoms with Gasteiger partial charge in [0.05, 0.1) is 42.2 Å². The lowest BCUT2D eigenvalue weighted by Gasteiger charge is -2.28. The number of carbonyl (C=O) groups excluding carboxylic acids is 2. The van der Waals surface area contributed by atoms with E-state index in [2.05, 4.69) is 0 Å². The summed E-state index contributed by atoms with van der Waals surface area (Å²) in [7, 11) is 2.91. The van der Waals surface area contributed by atoms with E-state index in [1.165, 1.54) is 18.4 Å². The van der Waals surface area contributed by atoms with Crippen molar-refractivity contribution in [3.63, 3.8) is 0 Å². The normalized spacial score (nSPS) is 14.9. The van der Waals surface area contributed by atoms with Crippen molar-refractivity contribution >= 4 is 40.1 Å². The van der Waals surface area contributed by atoms with Crippen LogP contribution in [0.5, 0.6) is 5.75 Å². The largest absolute Gasteiger partial charge is 0.496 e. The van der Waals surface area contributed by atoms with Crippen molar-refractivity contribution in [1.29, 1.82) is 0 Å². The highest BCUT2D eigenvalue weighted by Crippen LogP contribution is 2.41. The molecule has 0 unspecified atom stereocenters. The Labute approximate surface area is 240 Å². The number of aromatic nitrogens is 1. The van der Waals surface area contributed by atoms with Gasteiger partial charge >= 0.3 is 11.9 Å². The molecule has 3 aromatic carbocycles. The van der Waals surface area contributed by atoms with Crippen LogP contribution in [0.15, 0.2) is 81.7 Å². The quantitative estimate of drug-likeness (QED) is 0.289. The molecule has 9 heteroatoms. The molecule has 0 radical (unpaired) electrons. The number of hydrogen-bond acceptors (Lipinski definition) is 8. The van der Waals surface area contributed by atoms with Crippen molar-refractivity contribution in [2.24, 2.45) is 4.99 Å². The van der Waals surface area contributed by atoms with Gasteiger partial charge in [-0.25, -0.2) is 14.6 Å². The van der Waals surface area contributed by atoms with Crippen LogP contribution in [0, 0.1) is 0 Å². The number of fused-ring (bicyclic) bond motifs is 2. The zero-order chi connectivity index (χ0) is 29.1. The molecule has 0 bridgehead atoms. The summed E-state index contributed by atoms with van der Waals surface area (Å²) in [5.74, 6) is -0.386. The van der Waals surface area contributed by atoms with Gasteiger partial charge in [0.1, 0.15) is 11.8 Å². The lowest BCUT2D eigenvalue weighted by Crippen LogP contribution is -2.40. The Hall–Kier alpha value is -4.50. The molecule has 41 heavy (non-hydrogen) atoms. The summed E-state index contributed by atoms with van der Waals surface area (Å²) in [4.78, 5) is 44.9. The fraction of sp³-hybridized carbons (Fsp3) is 0.250. The molecule has 1 aliphatic rings. The van der Waals surface area contributed by atoms with Gasteiger partial charge in [0, 0.05) is 5.56 Å². The monoisotopic (exact) mass is 570 g/mol. The summed E-state index contributed by atoms with van der Waals surface area (Å²) in [6, 6.07) is 17.6. The van der Waals surface area contributed by atoms with E-state index >= 15 is 0 Å². The molecule has 2 heterocycles. The number of methoxy groups -OCH3 is 2. The maximum Gasteiger partial charge on any atom is 0.338 e. The fourth-order valence-electron chi connectivity index (χ4n) is 5.11. The van der Waals surface area contributed by atoms with Gasteiger partial charge in [0.2, 0.25) is 0 Å². The van der Waals surface area contributed by atoms with Crippen LogP contribution in [0.3, 0.4) is 0 Å². The third-order valence-electron chi connectivity index (χ3n) is 6.95. The molecular weight excluding hydrogens is 540 g/mol. The van der Waals surface area contributed by atoms with Crippen LogP contribution in [0.25, 0.3) is 16.8 Å². The smallest absolute Gasteiger partial charge is 0.338 e. The predicted molar refractivity (Wildman–Crippen MR) is 158 cm³/mol. The van der Waals surface area contributed by atoms with Crippen LogP contribution in [0.2, 0.25) is 0 Å². The molecule has 4 aromatic rings. The Morgan fingerprint density at radius 2 is 1.76 bits per heavy atom. The topological polar surface area (TPSA) is 96.2 Å². The predicted octanol–water partition coefficient (Wildman–Crippen LogP) is 4.53. The first-order valence-corrected chi connectivity index (χ1v) is 14.2. The minimum atomic E-state index is -0.809. The summed E-state index contributed by atoms with van der Waals surface area (Å²) in [6.07, 6.45) is 3.05. The van der Waals surface area contributed by atoms with Crippen molar-refractivity contribution in [3.8, 4) is 5.75 Å². The lowest BCUT2D eigenvalue weighted by molar-refractivity contribution is -0.139. The second-order valence-electron chi connectivity index (χ2n) is 9.43. The molecule has 1 aromatic heterocycles. The molecule has 0 N–H and O–H groups in total. The van der Waals surface area contributed by atoms with Gasteiger partial charge < -0.3 is 14.2 Å². The summed E-state index contributed by atoms with van der Waals surface area (Å²) in [6.45, 7) is 3.96. The SMILES string of the molecule is CCCC1=C(C(=O)OCC)[C@@H](c2c(OC)ccc3ccccc23)n2c(s/c(=C\c3ccc(C(=O)OC)cc3)c2=O)=N1. The summed E-state index contributed by atoms with van der Waals surface area (Å²) in [5.41, 5.74) is 2.50. The molecule has 1 atom stereocenters. The molecule has 5 rings (SSSR count). The standard InChI is InChI=1S/C32H30N2O6S/c1-5-9-23-27(31(37)40-6-2)28(26-22-11-8-7-10-20(22)16-17-24(26)38-3)34-29(35)25(41-32(34)33-23)18-19-12-14-21(15-13-19)30(36)39-4/h7-8,10-18,28H,5-6,9H2,1-4H3/b25-18-/t28-/m1/s1. The molecule has 0 amide bonds. The second kappa shape index (κ2) is 11.9. The van der Waals surface area contributed by atoms with Crippen molar-refractivity contribution < 1.29 is 23.8 Å². The van der Waals surface area contributed by atoms with Gasteiger partial charge in [0.15, 0.2) is 4.80 Å². The average molecular weight is 571 g/mol. The highest BCUT2D eigenvalue weighted by Gasteiger charge is 2.37. The van der Waals surface area contributed by atoms with Crippen molar-refractivity contribution in [2.75, 3.05) is 20.8 Å². The van der Waals surface area contributed by atoms with Gasteiger partial charge in [-0.2, -0.15) is 0 Å². The molecule has 0 spiro atoms. The van der Waals surface area contributed by atoms with Crippen LogP contribution >= 0.6 is 11.3 Å². The third kappa shape index (κ3) is 5.20. The van der Waals surface area contributed by atoms with Crippen molar-refractivity contribution in [2.45, 2.75) is 32.7 Å². The van der Waals surface area contributed by atoms with E-state index in [1.54, 1.807) is 48.9 Å². The van der Waals surface area contributed by atoms with Crippen molar-refractivity contribution in [3.05, 3.63) is 108 Å². The van der Waals surface area contributed by atoms with Crippen LogP contribution in [0.1, 0.15) is 54.2 Å². The molecule has 0 saturated heterocycles. The molecule has 1 aliphatic heterocycles. The minimum Gasteiger partial charge on any atom is -0.496 e. The zero-order valence-electron chi connectivity index (χ0n) is 23.3. The van der Waals surface area contributed by atoms with Gasteiger partial charge in [-0.15, -0.1) is 0 Å². The number of hydrogen-bond donors (Lipinski definition) is 0. The average Bonchev–Trinajstić information content (AvgIpc) is 3.30. The third-order valence-corrected chi connectivity index (χ3v) is 7.93. The second-order valence-corrected chi connectivity index (χ2v) is 10.4. The number of nitrogens with zero attached hydrogens (tertiary/aromatic N) is 2. The van der Waals surface area contributed by atoms with Crippen LogP contribution in [-0.2, 0) is 14.3 Å². The molecular formula is C32H30N2O6S. The Bertz CT molecular complexity index is 1850. The first kappa shape index (κ1) is 28.0. The molecule has 8 nitrogen and oxygen atoms in total. The Kier molecular flexibility index (Phi) is 8.16. The molecule has 210 valence electrons. The zero-order valence-corrected chi connectivity index (χ0v) is 24.1. The highest BCUT2D eigenvalue weighted by atomic mass is 32.1. The summed E-state index contributed by atoms with van der Waals surface area (Å²) < 4.78 is 18.2. The Morgan fingerprint density at radius 3 is 2.44 bits per heavy atom. The number of benzene rings is 3. The Morgan fingerprint density at radius 1 is 1.00 bits per heavy atom. The molecule has 0 aliphatic carbocycles. The number of esters is 2. The van der Waals surface area contributed by atoms with Crippen LogP contribution < -0.4 is 19.6 Å². The van der Waals surface area contributed by atoms with E-state index in [9.17, 15) is 14.4 Å². The van der Waals surface area contributed by atoms with E-state index in [4.69, 9.17) is 19.2 Å². The van der Waals surface area contributed by atoms with E-state index in [0.717, 1.165) is 22.8 Å². The highest BCUT2D eigenvalue weighted by molar-refractivity contribution is 7.07. The van der Waals surface area contributed by atoms with Crippen LogP contribution in [-0.4, -0.2) is 37.3 Å². The van der Waals surface area contributed by atoms with Gasteiger partial charge in [-0.3, -0.25) is 9.36 Å². The van der Waals surface area contributed by atoms with E-state index in [0.29, 0.717) is 43.9 Å². The molecule has 0 fully saturated rings. The fourth-order valence-corrected chi connectivity index (χ4v) is 6.13.